The Hall–Kier alpha value is -2.72. The number of hydrogen-bond acceptors (Lipinski definition) is 3. The fourth-order valence-corrected chi connectivity index (χ4v) is 3.97. The summed E-state index contributed by atoms with van der Waals surface area (Å²) < 4.78 is 5.74. The van der Waals surface area contributed by atoms with Crippen molar-refractivity contribution < 1.29 is 9.53 Å². The second-order valence-corrected chi connectivity index (χ2v) is 7.99. The number of halogens is 1. The SMILES string of the molecule is Cc1cccc(N2CCN(C(=O)/C=C/C3=Cc4cc(Cl)ccc4OC3)CC2)c1C. The molecule has 4 nitrogen and oxygen atoms in total. The molecule has 5 heteroatoms. The number of ether oxygens (including phenoxy) is 1. The van der Waals surface area contributed by atoms with Crippen molar-refractivity contribution in [3.05, 3.63) is 75.8 Å². The molecule has 1 amide bonds. The quantitative estimate of drug-likeness (QED) is 0.694. The molecular formula is C24H25ClN2O2. The molecule has 2 heterocycles. The molecule has 0 N–H and O–H groups in total. The lowest BCUT2D eigenvalue weighted by Gasteiger charge is -2.36. The van der Waals surface area contributed by atoms with Crippen LogP contribution in [0.2, 0.25) is 5.02 Å². The largest absolute Gasteiger partial charge is 0.488 e. The second-order valence-electron chi connectivity index (χ2n) is 7.55. The molecule has 0 aromatic heterocycles. The van der Waals surface area contributed by atoms with Gasteiger partial charge in [-0.1, -0.05) is 29.8 Å². The Morgan fingerprint density at radius 2 is 1.90 bits per heavy atom. The van der Waals surface area contributed by atoms with Crippen LogP contribution in [0.25, 0.3) is 6.08 Å². The van der Waals surface area contributed by atoms with E-state index >= 15 is 0 Å². The Bertz CT molecular complexity index is 988. The van der Waals surface area contributed by atoms with E-state index in [-0.39, 0.29) is 5.91 Å². The number of hydrogen-bond donors (Lipinski definition) is 0. The minimum Gasteiger partial charge on any atom is -0.488 e. The van der Waals surface area contributed by atoms with Crippen LogP contribution in [0, 0.1) is 13.8 Å². The first kappa shape index (κ1) is 19.6. The van der Waals surface area contributed by atoms with Crippen LogP contribution in [-0.2, 0) is 4.79 Å². The van der Waals surface area contributed by atoms with E-state index in [1.165, 1.54) is 16.8 Å². The maximum atomic E-state index is 12.6. The van der Waals surface area contributed by atoms with Gasteiger partial charge in [0.1, 0.15) is 12.4 Å². The van der Waals surface area contributed by atoms with Gasteiger partial charge in [-0.05, 0) is 60.9 Å². The minimum atomic E-state index is 0.0448. The third-order valence-corrected chi connectivity index (χ3v) is 5.89. The van der Waals surface area contributed by atoms with Crippen LogP contribution in [0.3, 0.4) is 0 Å². The van der Waals surface area contributed by atoms with Crippen molar-refractivity contribution in [1.82, 2.24) is 4.90 Å². The van der Waals surface area contributed by atoms with Crippen molar-refractivity contribution in [2.75, 3.05) is 37.7 Å². The zero-order chi connectivity index (χ0) is 20.4. The predicted molar refractivity (Wildman–Crippen MR) is 119 cm³/mol. The summed E-state index contributed by atoms with van der Waals surface area (Å²) in [6.07, 6.45) is 5.52. The van der Waals surface area contributed by atoms with Crippen molar-refractivity contribution >= 4 is 29.3 Å². The van der Waals surface area contributed by atoms with Crippen LogP contribution in [0.5, 0.6) is 5.75 Å². The van der Waals surface area contributed by atoms with Gasteiger partial charge in [0, 0.05) is 48.5 Å². The van der Waals surface area contributed by atoms with E-state index in [2.05, 4.69) is 36.9 Å². The highest BCUT2D eigenvalue weighted by molar-refractivity contribution is 6.30. The van der Waals surface area contributed by atoms with Gasteiger partial charge in [-0.2, -0.15) is 0 Å². The van der Waals surface area contributed by atoms with E-state index in [0.717, 1.165) is 43.1 Å². The molecule has 0 spiro atoms. The van der Waals surface area contributed by atoms with Crippen LogP contribution >= 0.6 is 11.6 Å². The summed E-state index contributed by atoms with van der Waals surface area (Å²) in [4.78, 5) is 16.9. The lowest BCUT2D eigenvalue weighted by molar-refractivity contribution is -0.126. The number of piperazine rings is 1. The van der Waals surface area contributed by atoms with Gasteiger partial charge in [0.15, 0.2) is 0 Å². The van der Waals surface area contributed by atoms with E-state index in [1.807, 2.05) is 35.3 Å². The molecule has 4 rings (SSSR count). The van der Waals surface area contributed by atoms with E-state index in [1.54, 1.807) is 6.08 Å². The molecule has 150 valence electrons. The monoisotopic (exact) mass is 408 g/mol. The number of rotatable bonds is 3. The fourth-order valence-electron chi connectivity index (χ4n) is 3.79. The summed E-state index contributed by atoms with van der Waals surface area (Å²) in [6.45, 7) is 7.91. The van der Waals surface area contributed by atoms with Gasteiger partial charge in [0.05, 0.1) is 0 Å². The average molecular weight is 409 g/mol. The first-order chi connectivity index (χ1) is 14.0. The highest BCUT2D eigenvalue weighted by Crippen LogP contribution is 2.29. The van der Waals surface area contributed by atoms with Crippen LogP contribution in [0.15, 0.2) is 54.1 Å². The lowest BCUT2D eigenvalue weighted by Crippen LogP contribution is -2.48. The highest BCUT2D eigenvalue weighted by atomic mass is 35.5. The van der Waals surface area contributed by atoms with E-state index in [4.69, 9.17) is 16.3 Å². The normalized spacial score (nSPS) is 16.4. The van der Waals surface area contributed by atoms with Gasteiger partial charge in [-0.25, -0.2) is 0 Å². The Labute approximate surface area is 177 Å². The summed E-state index contributed by atoms with van der Waals surface area (Å²) >= 11 is 6.06. The van der Waals surface area contributed by atoms with Gasteiger partial charge < -0.3 is 14.5 Å². The van der Waals surface area contributed by atoms with Gasteiger partial charge in [-0.3, -0.25) is 4.79 Å². The molecule has 0 aliphatic carbocycles. The van der Waals surface area contributed by atoms with Crippen LogP contribution in [-0.4, -0.2) is 43.6 Å². The minimum absolute atomic E-state index is 0.0448. The number of amides is 1. The number of carbonyl (C=O) groups is 1. The third-order valence-electron chi connectivity index (χ3n) is 5.66. The smallest absolute Gasteiger partial charge is 0.246 e. The number of fused-ring (bicyclic) bond motifs is 1. The number of benzene rings is 2. The molecule has 0 saturated carbocycles. The van der Waals surface area contributed by atoms with Crippen molar-refractivity contribution in [2.45, 2.75) is 13.8 Å². The highest BCUT2D eigenvalue weighted by Gasteiger charge is 2.21. The molecule has 0 unspecified atom stereocenters. The molecule has 1 saturated heterocycles. The molecule has 29 heavy (non-hydrogen) atoms. The molecule has 1 fully saturated rings. The fraction of sp³-hybridized carbons (Fsp3) is 0.292. The molecule has 2 aliphatic heterocycles. The summed E-state index contributed by atoms with van der Waals surface area (Å²) in [5, 5.41) is 0.673. The van der Waals surface area contributed by atoms with Crippen LogP contribution < -0.4 is 9.64 Å². The Morgan fingerprint density at radius 3 is 2.69 bits per heavy atom. The van der Waals surface area contributed by atoms with Crippen molar-refractivity contribution in [2.24, 2.45) is 0 Å². The molecule has 0 radical (unpaired) electrons. The molecular weight excluding hydrogens is 384 g/mol. The topological polar surface area (TPSA) is 32.8 Å². The maximum absolute atomic E-state index is 12.6. The van der Waals surface area contributed by atoms with Gasteiger partial charge in [-0.15, -0.1) is 0 Å². The van der Waals surface area contributed by atoms with E-state index in [0.29, 0.717) is 11.6 Å². The lowest BCUT2D eigenvalue weighted by atomic mass is 10.1. The predicted octanol–water partition coefficient (Wildman–Crippen LogP) is 4.64. The van der Waals surface area contributed by atoms with Gasteiger partial charge >= 0.3 is 0 Å². The van der Waals surface area contributed by atoms with E-state index < -0.39 is 0 Å². The molecule has 0 bridgehead atoms. The summed E-state index contributed by atoms with van der Waals surface area (Å²) in [5.41, 5.74) is 5.79. The number of anilines is 1. The summed E-state index contributed by atoms with van der Waals surface area (Å²) in [5.74, 6) is 0.865. The van der Waals surface area contributed by atoms with Crippen molar-refractivity contribution in [3.8, 4) is 5.75 Å². The molecule has 2 aliphatic rings. The van der Waals surface area contributed by atoms with Crippen molar-refractivity contribution in [3.63, 3.8) is 0 Å². The zero-order valence-corrected chi connectivity index (χ0v) is 17.6. The molecule has 2 aromatic rings. The molecule has 2 aromatic carbocycles. The summed E-state index contributed by atoms with van der Waals surface area (Å²) in [7, 11) is 0. The van der Waals surface area contributed by atoms with Gasteiger partial charge in [0.25, 0.3) is 0 Å². The first-order valence-electron chi connectivity index (χ1n) is 9.92. The Kier molecular flexibility index (Phi) is 5.63. The number of carbonyl (C=O) groups excluding carboxylic acids is 1. The van der Waals surface area contributed by atoms with Crippen LogP contribution in [0.4, 0.5) is 5.69 Å². The average Bonchev–Trinajstić information content (AvgIpc) is 2.74. The summed E-state index contributed by atoms with van der Waals surface area (Å²) in [6, 6.07) is 12.0. The second kappa shape index (κ2) is 8.34. The standard InChI is InChI=1S/C24H25ClN2O2/c1-17-4-3-5-22(18(17)2)26-10-12-27(13-11-26)24(28)9-6-19-14-20-15-21(25)7-8-23(20)29-16-19/h3-9,14-15H,10-13,16H2,1-2H3/b9-6+. The van der Waals surface area contributed by atoms with Crippen molar-refractivity contribution in [1.29, 1.82) is 0 Å². The number of nitrogens with zero attached hydrogens (tertiary/aromatic N) is 2. The Balaban J connectivity index is 1.37. The zero-order valence-electron chi connectivity index (χ0n) is 16.8. The Morgan fingerprint density at radius 1 is 1.10 bits per heavy atom. The van der Waals surface area contributed by atoms with E-state index in [9.17, 15) is 4.79 Å². The third kappa shape index (κ3) is 4.33. The maximum Gasteiger partial charge on any atom is 0.246 e. The van der Waals surface area contributed by atoms with Crippen LogP contribution in [0.1, 0.15) is 16.7 Å². The number of aryl methyl sites for hydroxylation is 1. The van der Waals surface area contributed by atoms with Gasteiger partial charge in [0.2, 0.25) is 5.91 Å². The first-order valence-corrected chi connectivity index (χ1v) is 10.3. The molecule has 0 atom stereocenters.